The molecule has 2 heterocycles. The van der Waals surface area contributed by atoms with Crippen LogP contribution in [0, 0.1) is 17.3 Å². The number of aliphatic hydroxyl groups excluding tert-OH is 1. The number of benzene rings is 1. The zero-order valence-electron chi connectivity index (χ0n) is 35.5. The van der Waals surface area contributed by atoms with Gasteiger partial charge in [-0.25, -0.2) is 9.78 Å². The monoisotopic (exact) mass is 847 g/mol. The van der Waals surface area contributed by atoms with Gasteiger partial charge < -0.3 is 46.6 Å². The number of ether oxygens (including phenoxy) is 1. The number of aromatic nitrogens is 2. The molecule has 5 rings (SSSR count). The van der Waals surface area contributed by atoms with Crippen LogP contribution in [0.3, 0.4) is 0 Å². The fourth-order valence-electron chi connectivity index (χ4n) is 7.73. The number of hydrogen-bond acceptors (Lipinski definition) is 11. The van der Waals surface area contributed by atoms with Crippen LogP contribution in [0.4, 0.5) is 4.79 Å². The molecule has 3 aliphatic rings. The molecule has 0 spiro atoms. The minimum atomic E-state index is -1.53. The maximum Gasteiger partial charge on any atom is 0.407 e. The summed E-state index contributed by atoms with van der Waals surface area (Å²) in [5.41, 5.74) is -0.0664. The van der Waals surface area contributed by atoms with E-state index in [-0.39, 0.29) is 43.8 Å². The Balaban J connectivity index is 1.31. The first-order valence-corrected chi connectivity index (χ1v) is 21.3. The highest BCUT2D eigenvalue weighted by atomic mass is 16.5. The molecule has 2 saturated carbocycles. The van der Waals surface area contributed by atoms with Crippen molar-refractivity contribution >= 4 is 41.5 Å². The number of aliphatic hydroxyl groups is 1. The van der Waals surface area contributed by atoms with Crippen LogP contribution in [0.5, 0.6) is 0 Å². The van der Waals surface area contributed by atoms with Gasteiger partial charge in [-0.05, 0) is 49.0 Å². The Bertz CT molecular complexity index is 1830. The van der Waals surface area contributed by atoms with Crippen molar-refractivity contribution in [2.75, 3.05) is 19.6 Å². The highest BCUT2D eigenvalue weighted by molar-refractivity contribution is 5.97. The number of hydrogen-bond donors (Lipinski definition) is 7. The van der Waals surface area contributed by atoms with Crippen molar-refractivity contribution in [1.82, 2.24) is 46.8 Å². The van der Waals surface area contributed by atoms with Gasteiger partial charge in [0.1, 0.15) is 30.9 Å². The Morgan fingerprint density at radius 1 is 0.869 bits per heavy atom. The lowest BCUT2D eigenvalue weighted by Crippen LogP contribution is -2.61. The molecule has 0 bridgehead atoms. The zero-order valence-corrected chi connectivity index (χ0v) is 35.5. The van der Waals surface area contributed by atoms with Gasteiger partial charge in [-0.3, -0.25) is 33.8 Å². The lowest BCUT2D eigenvalue weighted by Gasteiger charge is -2.35. The third-order valence-corrected chi connectivity index (χ3v) is 11.3. The first-order chi connectivity index (χ1) is 29.1. The molecule has 2 aromatic rings. The molecule has 2 unspecified atom stereocenters. The lowest BCUT2D eigenvalue weighted by molar-refractivity contribution is -0.135. The number of likely N-dealkylation sites (tertiary alicyclic amines) is 1. The normalized spacial score (nSPS) is 19.9. The summed E-state index contributed by atoms with van der Waals surface area (Å²) >= 11 is 0. The fraction of sp³-hybridized carbons (Fsp3) is 0.605. The number of carbonyl (C=O) groups is 7. The van der Waals surface area contributed by atoms with Crippen molar-refractivity contribution in [3.05, 3.63) is 60.2 Å². The first-order valence-electron chi connectivity index (χ1n) is 21.3. The SMILES string of the molecule is CCCC(NC(=O)[C@@H]1CN(C(=O)CNC(=O)OCc2ccccc2)C[C@@H]1NC(=O)[C@@H](NC(=O)[C@@H](NC(=O)c1cnccn1)C1CCCCC1)C(C)(C)C)C(O)C(=O)NC1CC1. The van der Waals surface area contributed by atoms with E-state index in [0.29, 0.717) is 19.3 Å². The number of carbonyl (C=O) groups excluding carboxylic acids is 7. The predicted octanol–water partition coefficient (Wildman–Crippen LogP) is 1.48. The molecule has 61 heavy (non-hydrogen) atoms. The first kappa shape index (κ1) is 46.4. The van der Waals surface area contributed by atoms with E-state index in [1.165, 1.54) is 23.5 Å². The van der Waals surface area contributed by atoms with Gasteiger partial charge in [0.05, 0.1) is 24.2 Å². The smallest absolute Gasteiger partial charge is 0.407 e. The molecule has 1 aliphatic heterocycles. The Morgan fingerprint density at radius 3 is 2.23 bits per heavy atom. The van der Waals surface area contributed by atoms with E-state index in [0.717, 1.165) is 37.7 Å². The summed E-state index contributed by atoms with van der Waals surface area (Å²) in [7, 11) is 0. The number of alkyl carbamates (subject to hydrolysis) is 1. The molecule has 1 saturated heterocycles. The van der Waals surface area contributed by atoms with E-state index in [2.05, 4.69) is 41.9 Å². The molecule has 1 aromatic heterocycles. The van der Waals surface area contributed by atoms with Crippen molar-refractivity contribution in [2.24, 2.45) is 17.3 Å². The molecular weight excluding hydrogens is 787 g/mol. The van der Waals surface area contributed by atoms with E-state index in [4.69, 9.17) is 4.74 Å². The average molecular weight is 848 g/mol. The van der Waals surface area contributed by atoms with Crippen molar-refractivity contribution in [1.29, 1.82) is 0 Å². The second kappa shape index (κ2) is 21.7. The van der Waals surface area contributed by atoms with E-state index < -0.39 is 89.7 Å². The molecule has 7 N–H and O–H groups in total. The maximum absolute atomic E-state index is 14.4. The Hall–Kier alpha value is -5.65. The third kappa shape index (κ3) is 13.7. The molecule has 1 aromatic carbocycles. The minimum Gasteiger partial charge on any atom is -0.445 e. The van der Waals surface area contributed by atoms with Gasteiger partial charge in [0.15, 0.2) is 6.10 Å². The van der Waals surface area contributed by atoms with Gasteiger partial charge in [-0.1, -0.05) is 83.7 Å². The van der Waals surface area contributed by atoms with Crippen molar-refractivity contribution in [3.63, 3.8) is 0 Å². The summed E-state index contributed by atoms with van der Waals surface area (Å²) in [5.74, 6) is -4.74. The summed E-state index contributed by atoms with van der Waals surface area (Å²) in [4.78, 5) is 104. The van der Waals surface area contributed by atoms with Crippen LogP contribution >= 0.6 is 0 Å². The highest BCUT2D eigenvalue weighted by Gasteiger charge is 2.45. The average Bonchev–Trinajstić information content (AvgIpc) is 3.97. The van der Waals surface area contributed by atoms with Gasteiger partial charge in [-0.15, -0.1) is 0 Å². The fourth-order valence-corrected chi connectivity index (χ4v) is 7.73. The van der Waals surface area contributed by atoms with E-state index in [1.807, 2.05) is 13.0 Å². The number of nitrogens with one attached hydrogen (secondary N) is 6. The van der Waals surface area contributed by atoms with Gasteiger partial charge in [0.25, 0.3) is 11.8 Å². The van der Waals surface area contributed by atoms with Crippen LogP contribution in [0.2, 0.25) is 0 Å². The quantitative estimate of drug-likeness (QED) is 0.113. The number of nitrogens with zero attached hydrogens (tertiary/aromatic N) is 3. The largest absolute Gasteiger partial charge is 0.445 e. The van der Waals surface area contributed by atoms with Gasteiger partial charge >= 0.3 is 6.09 Å². The van der Waals surface area contributed by atoms with Crippen molar-refractivity contribution in [3.8, 4) is 0 Å². The van der Waals surface area contributed by atoms with Gasteiger partial charge in [-0.2, -0.15) is 0 Å². The molecule has 7 amide bonds. The minimum absolute atomic E-state index is 0.00858. The topological polar surface area (TPSA) is 250 Å². The summed E-state index contributed by atoms with van der Waals surface area (Å²) in [5, 5.41) is 27.7. The predicted molar refractivity (Wildman–Crippen MR) is 222 cm³/mol. The molecular formula is C43H61N9O9. The summed E-state index contributed by atoms with van der Waals surface area (Å²) in [6, 6.07) is 4.94. The summed E-state index contributed by atoms with van der Waals surface area (Å²) in [6.07, 6.45) is 8.37. The number of rotatable bonds is 18. The molecule has 3 fully saturated rings. The highest BCUT2D eigenvalue weighted by Crippen LogP contribution is 2.28. The van der Waals surface area contributed by atoms with Gasteiger partial charge in [0.2, 0.25) is 23.6 Å². The molecule has 0 radical (unpaired) electrons. The Kier molecular flexibility index (Phi) is 16.5. The van der Waals surface area contributed by atoms with Crippen LogP contribution in [-0.2, 0) is 35.3 Å². The van der Waals surface area contributed by atoms with E-state index in [1.54, 1.807) is 45.0 Å². The zero-order chi connectivity index (χ0) is 44.1. The van der Waals surface area contributed by atoms with Crippen LogP contribution < -0.4 is 31.9 Å². The Morgan fingerprint density at radius 2 is 1.59 bits per heavy atom. The molecule has 332 valence electrons. The molecule has 18 heteroatoms. The van der Waals surface area contributed by atoms with Crippen LogP contribution in [0.15, 0.2) is 48.9 Å². The van der Waals surface area contributed by atoms with Gasteiger partial charge in [0, 0.05) is 31.5 Å². The lowest BCUT2D eigenvalue weighted by atomic mass is 9.82. The van der Waals surface area contributed by atoms with Crippen LogP contribution in [0.25, 0.3) is 0 Å². The van der Waals surface area contributed by atoms with Crippen LogP contribution in [0.1, 0.15) is 102 Å². The molecule has 6 atom stereocenters. The second-order valence-corrected chi connectivity index (χ2v) is 17.3. The van der Waals surface area contributed by atoms with E-state index in [9.17, 15) is 38.7 Å². The summed E-state index contributed by atoms with van der Waals surface area (Å²) in [6.45, 7) is 6.41. The van der Waals surface area contributed by atoms with Crippen molar-refractivity contribution in [2.45, 2.75) is 128 Å². The summed E-state index contributed by atoms with van der Waals surface area (Å²) < 4.78 is 5.24. The maximum atomic E-state index is 14.4. The van der Waals surface area contributed by atoms with Crippen LogP contribution in [-0.4, -0.2) is 117 Å². The van der Waals surface area contributed by atoms with E-state index >= 15 is 0 Å². The number of amides is 7. The second-order valence-electron chi connectivity index (χ2n) is 17.3. The molecule has 18 nitrogen and oxygen atoms in total. The molecule has 2 aliphatic carbocycles. The van der Waals surface area contributed by atoms with Crippen molar-refractivity contribution < 1.29 is 43.4 Å². The standard InChI is InChI=1S/C43H61N9O9/c1-5-12-30(35(54)40(58)47-28-17-18-28)48-37(55)29-23-52(33(53)22-46-42(60)61-25-26-13-8-6-9-14-26)24-32(29)49-41(59)36(43(2,3)4)51-39(57)34(27-15-10-7-11-16-27)50-38(56)31-21-44-19-20-45-31/h6,8-9,13-14,19-21,27-30,32,34-36,54H,5,7,10-12,15-18,22-25H2,1-4H3,(H,46,60)(H,47,58)(H,48,55)(H,49,59)(H,50,56)(H,51,57)/t29-,30?,32+,34+,35?,36-/m1/s1. The third-order valence-electron chi connectivity index (χ3n) is 11.3. The Labute approximate surface area is 356 Å².